The van der Waals surface area contributed by atoms with Crippen LogP contribution < -0.4 is 10.6 Å². The summed E-state index contributed by atoms with van der Waals surface area (Å²) in [5.74, 6) is 1.27. The lowest BCUT2D eigenvalue weighted by molar-refractivity contribution is 0.0257. The quantitative estimate of drug-likeness (QED) is 0.405. The van der Waals surface area contributed by atoms with Gasteiger partial charge >= 0.3 is 0 Å². The Balaban J connectivity index is 4.45. The molecule has 0 rings (SSSR count). The van der Waals surface area contributed by atoms with Gasteiger partial charge in [0.05, 0.1) is 18.2 Å². The standard InChI is InChI=1S/C17H37N3O2/c1-7-17(21,8-2)13-20-16(18-9-3)19-12-11-15(14(5)6)22-10-4/h14-15,21H,7-13H2,1-6H3,(H2,18,19,20). The molecule has 0 aliphatic carbocycles. The van der Waals surface area contributed by atoms with Crippen LogP contribution in [0.3, 0.4) is 0 Å². The second-order valence-electron chi connectivity index (χ2n) is 6.08. The second kappa shape index (κ2) is 11.7. The Bertz CT molecular complexity index is 302. The molecule has 1 atom stereocenters. The Kier molecular flexibility index (Phi) is 11.3. The van der Waals surface area contributed by atoms with Crippen LogP contribution in [-0.2, 0) is 4.74 Å². The first-order valence-electron chi connectivity index (χ1n) is 8.78. The fourth-order valence-electron chi connectivity index (χ4n) is 2.20. The van der Waals surface area contributed by atoms with Gasteiger partial charge in [0, 0.05) is 19.7 Å². The lowest BCUT2D eigenvalue weighted by Crippen LogP contribution is -2.41. The molecule has 0 fully saturated rings. The molecule has 0 aromatic heterocycles. The second-order valence-corrected chi connectivity index (χ2v) is 6.08. The number of rotatable bonds is 11. The van der Waals surface area contributed by atoms with E-state index in [0.29, 0.717) is 25.3 Å². The van der Waals surface area contributed by atoms with Crippen molar-refractivity contribution in [3.05, 3.63) is 0 Å². The van der Waals surface area contributed by atoms with Gasteiger partial charge in [0.15, 0.2) is 5.96 Å². The van der Waals surface area contributed by atoms with Gasteiger partial charge in [0.25, 0.3) is 0 Å². The first kappa shape index (κ1) is 21.2. The summed E-state index contributed by atoms with van der Waals surface area (Å²) in [5.41, 5.74) is -0.700. The fraction of sp³-hybridized carbons (Fsp3) is 0.941. The molecule has 0 aromatic carbocycles. The van der Waals surface area contributed by atoms with Gasteiger partial charge in [-0.25, -0.2) is 0 Å². The topological polar surface area (TPSA) is 65.9 Å². The number of nitrogens with one attached hydrogen (secondary N) is 2. The van der Waals surface area contributed by atoms with Gasteiger partial charge in [-0.2, -0.15) is 0 Å². The van der Waals surface area contributed by atoms with E-state index in [0.717, 1.165) is 32.1 Å². The maximum atomic E-state index is 10.3. The lowest BCUT2D eigenvalue weighted by atomic mass is 9.98. The molecular weight excluding hydrogens is 278 g/mol. The average molecular weight is 316 g/mol. The van der Waals surface area contributed by atoms with E-state index in [-0.39, 0.29) is 6.10 Å². The zero-order valence-electron chi connectivity index (χ0n) is 15.4. The first-order chi connectivity index (χ1) is 10.4. The Morgan fingerprint density at radius 3 is 2.23 bits per heavy atom. The van der Waals surface area contributed by atoms with Crippen molar-refractivity contribution in [2.45, 2.75) is 72.5 Å². The van der Waals surface area contributed by atoms with Crippen LogP contribution in [0, 0.1) is 5.92 Å². The Hall–Kier alpha value is -0.810. The number of aliphatic hydroxyl groups is 1. The van der Waals surface area contributed by atoms with Gasteiger partial charge in [-0.05, 0) is 39.0 Å². The summed E-state index contributed by atoms with van der Waals surface area (Å²) in [4.78, 5) is 4.52. The van der Waals surface area contributed by atoms with E-state index >= 15 is 0 Å². The van der Waals surface area contributed by atoms with Crippen LogP contribution in [0.15, 0.2) is 4.99 Å². The minimum Gasteiger partial charge on any atom is -0.388 e. The van der Waals surface area contributed by atoms with Crippen molar-refractivity contribution in [3.63, 3.8) is 0 Å². The SMILES string of the molecule is CCNC(=NCC(O)(CC)CC)NCCC(OCC)C(C)C. The van der Waals surface area contributed by atoms with Gasteiger partial charge in [-0.15, -0.1) is 0 Å². The van der Waals surface area contributed by atoms with E-state index < -0.39 is 5.60 Å². The van der Waals surface area contributed by atoms with Crippen molar-refractivity contribution in [1.82, 2.24) is 10.6 Å². The van der Waals surface area contributed by atoms with Crippen LogP contribution in [0.2, 0.25) is 0 Å². The van der Waals surface area contributed by atoms with Gasteiger partial charge < -0.3 is 20.5 Å². The maximum Gasteiger partial charge on any atom is 0.191 e. The smallest absolute Gasteiger partial charge is 0.191 e. The molecule has 0 saturated carbocycles. The molecule has 132 valence electrons. The van der Waals surface area contributed by atoms with Crippen LogP contribution in [0.5, 0.6) is 0 Å². The zero-order valence-corrected chi connectivity index (χ0v) is 15.4. The first-order valence-corrected chi connectivity index (χ1v) is 8.78. The third-order valence-electron chi connectivity index (χ3n) is 4.04. The molecule has 0 spiro atoms. The molecule has 0 aliphatic heterocycles. The number of guanidine groups is 1. The van der Waals surface area contributed by atoms with Crippen LogP contribution in [0.1, 0.15) is 60.8 Å². The van der Waals surface area contributed by atoms with Gasteiger partial charge in [-0.1, -0.05) is 27.7 Å². The summed E-state index contributed by atoms with van der Waals surface area (Å²) in [5, 5.41) is 16.9. The highest BCUT2D eigenvalue weighted by Crippen LogP contribution is 2.14. The fourth-order valence-corrected chi connectivity index (χ4v) is 2.20. The van der Waals surface area contributed by atoms with Crippen LogP contribution >= 0.6 is 0 Å². The molecule has 0 aromatic rings. The third kappa shape index (κ3) is 8.59. The molecule has 0 bridgehead atoms. The predicted octanol–water partition coefficient (Wildman–Crippen LogP) is 2.54. The van der Waals surface area contributed by atoms with Crippen LogP contribution in [0.4, 0.5) is 0 Å². The molecule has 0 amide bonds. The summed E-state index contributed by atoms with van der Waals surface area (Å²) < 4.78 is 5.75. The minimum absolute atomic E-state index is 0.267. The van der Waals surface area contributed by atoms with E-state index in [1.54, 1.807) is 0 Å². The highest BCUT2D eigenvalue weighted by atomic mass is 16.5. The number of aliphatic imine (C=N–C) groups is 1. The highest BCUT2D eigenvalue weighted by Gasteiger charge is 2.21. The lowest BCUT2D eigenvalue weighted by Gasteiger charge is -2.24. The summed E-state index contributed by atoms with van der Waals surface area (Å²) >= 11 is 0. The molecule has 5 nitrogen and oxygen atoms in total. The molecule has 0 radical (unpaired) electrons. The molecule has 0 heterocycles. The maximum absolute atomic E-state index is 10.3. The number of hydrogen-bond acceptors (Lipinski definition) is 3. The average Bonchev–Trinajstić information content (AvgIpc) is 2.51. The van der Waals surface area contributed by atoms with Gasteiger partial charge in [0.1, 0.15) is 0 Å². The van der Waals surface area contributed by atoms with Crippen LogP contribution in [-0.4, -0.2) is 49.0 Å². The molecule has 5 heteroatoms. The predicted molar refractivity (Wildman–Crippen MR) is 94.4 cm³/mol. The Labute approximate surface area is 136 Å². The zero-order chi connectivity index (χ0) is 17.0. The summed E-state index contributed by atoms with van der Waals surface area (Å²) in [6.45, 7) is 15.2. The molecule has 1 unspecified atom stereocenters. The third-order valence-corrected chi connectivity index (χ3v) is 4.04. The number of nitrogens with zero attached hydrogens (tertiary/aromatic N) is 1. The summed E-state index contributed by atoms with van der Waals surface area (Å²) in [6, 6.07) is 0. The highest BCUT2D eigenvalue weighted by molar-refractivity contribution is 5.79. The summed E-state index contributed by atoms with van der Waals surface area (Å²) in [7, 11) is 0. The van der Waals surface area contributed by atoms with E-state index in [1.165, 1.54) is 0 Å². The van der Waals surface area contributed by atoms with Crippen molar-refractivity contribution in [2.75, 3.05) is 26.2 Å². The van der Waals surface area contributed by atoms with Gasteiger partial charge in [-0.3, -0.25) is 4.99 Å². The Morgan fingerprint density at radius 2 is 1.77 bits per heavy atom. The normalized spacial score (nSPS) is 14.3. The molecule has 0 aliphatic rings. The van der Waals surface area contributed by atoms with Gasteiger partial charge in [0.2, 0.25) is 0 Å². The van der Waals surface area contributed by atoms with E-state index in [4.69, 9.17) is 4.74 Å². The number of ether oxygens (including phenoxy) is 1. The minimum atomic E-state index is -0.700. The summed E-state index contributed by atoms with van der Waals surface area (Å²) in [6.07, 6.45) is 2.64. The monoisotopic (exact) mass is 315 g/mol. The number of hydrogen-bond donors (Lipinski definition) is 3. The van der Waals surface area contributed by atoms with E-state index in [2.05, 4.69) is 29.5 Å². The van der Waals surface area contributed by atoms with Crippen molar-refractivity contribution in [2.24, 2.45) is 10.9 Å². The molecular formula is C17H37N3O2. The van der Waals surface area contributed by atoms with Crippen molar-refractivity contribution in [3.8, 4) is 0 Å². The molecule has 22 heavy (non-hydrogen) atoms. The molecule has 0 saturated heterocycles. The molecule has 3 N–H and O–H groups in total. The van der Waals surface area contributed by atoms with Crippen LogP contribution in [0.25, 0.3) is 0 Å². The Morgan fingerprint density at radius 1 is 1.14 bits per heavy atom. The van der Waals surface area contributed by atoms with E-state index in [1.807, 2.05) is 27.7 Å². The van der Waals surface area contributed by atoms with Crippen molar-refractivity contribution >= 4 is 5.96 Å². The van der Waals surface area contributed by atoms with Crippen molar-refractivity contribution < 1.29 is 9.84 Å². The van der Waals surface area contributed by atoms with Crippen molar-refractivity contribution in [1.29, 1.82) is 0 Å². The largest absolute Gasteiger partial charge is 0.388 e. The van der Waals surface area contributed by atoms with E-state index in [9.17, 15) is 5.11 Å².